The third-order valence-corrected chi connectivity index (χ3v) is 1.76. The molecule has 0 radical (unpaired) electrons. The van der Waals surface area contributed by atoms with Crippen LogP contribution in [0, 0.1) is 0 Å². The number of esters is 1. The van der Waals surface area contributed by atoms with E-state index in [0.29, 0.717) is 18.8 Å². The van der Waals surface area contributed by atoms with Gasteiger partial charge < -0.3 is 14.4 Å². The SMILES string of the molecule is CCOC(=O)/C(=C\N(C)C)C(C)OCC. The predicted octanol–water partition coefficient (Wildman–Crippen LogP) is 1.42. The molecular weight excluding hydrogens is 194 g/mol. The normalized spacial score (nSPS) is 13.5. The molecule has 0 heterocycles. The molecule has 1 unspecified atom stereocenters. The first-order chi connectivity index (χ1) is 7.02. The zero-order valence-corrected chi connectivity index (χ0v) is 10.2. The lowest BCUT2D eigenvalue weighted by molar-refractivity contribution is -0.140. The summed E-state index contributed by atoms with van der Waals surface area (Å²) in [5, 5.41) is 0. The zero-order chi connectivity index (χ0) is 11.8. The summed E-state index contributed by atoms with van der Waals surface area (Å²) in [5.74, 6) is -0.313. The van der Waals surface area contributed by atoms with E-state index in [2.05, 4.69) is 0 Å². The largest absolute Gasteiger partial charge is 0.463 e. The monoisotopic (exact) mass is 215 g/mol. The number of hydrogen-bond donors (Lipinski definition) is 0. The Kier molecular flexibility index (Phi) is 6.79. The van der Waals surface area contributed by atoms with E-state index < -0.39 is 0 Å². The van der Waals surface area contributed by atoms with Crippen molar-refractivity contribution in [2.75, 3.05) is 27.3 Å². The first-order valence-electron chi connectivity index (χ1n) is 5.19. The molecule has 4 nitrogen and oxygen atoms in total. The molecule has 0 N–H and O–H groups in total. The third kappa shape index (κ3) is 5.42. The van der Waals surface area contributed by atoms with Crippen LogP contribution in [0.15, 0.2) is 11.8 Å². The molecule has 1 atom stereocenters. The van der Waals surface area contributed by atoms with E-state index in [1.54, 1.807) is 13.1 Å². The first kappa shape index (κ1) is 14.0. The molecule has 0 aliphatic rings. The summed E-state index contributed by atoms with van der Waals surface area (Å²) in [4.78, 5) is 13.4. The highest BCUT2D eigenvalue weighted by atomic mass is 16.5. The number of carbonyl (C=O) groups excluding carboxylic acids is 1. The van der Waals surface area contributed by atoms with Gasteiger partial charge >= 0.3 is 5.97 Å². The predicted molar refractivity (Wildman–Crippen MR) is 59.5 cm³/mol. The van der Waals surface area contributed by atoms with Crippen molar-refractivity contribution in [1.29, 1.82) is 0 Å². The van der Waals surface area contributed by atoms with Gasteiger partial charge in [-0.15, -0.1) is 0 Å². The molecule has 0 bridgehead atoms. The molecule has 0 aliphatic carbocycles. The maximum Gasteiger partial charge on any atom is 0.338 e. The molecule has 4 heteroatoms. The molecule has 15 heavy (non-hydrogen) atoms. The quantitative estimate of drug-likeness (QED) is 0.496. The standard InChI is InChI=1S/C11H21NO3/c1-6-14-9(3)10(8-12(4)5)11(13)15-7-2/h8-9H,6-7H2,1-5H3/b10-8-. The molecule has 0 aromatic rings. The summed E-state index contributed by atoms with van der Waals surface area (Å²) in [6.07, 6.45) is 1.50. The molecule has 0 rings (SSSR count). The molecular formula is C11H21NO3. The van der Waals surface area contributed by atoms with E-state index in [1.807, 2.05) is 32.8 Å². The molecule has 88 valence electrons. The highest BCUT2D eigenvalue weighted by Crippen LogP contribution is 2.09. The Morgan fingerprint density at radius 2 is 1.93 bits per heavy atom. The summed E-state index contributed by atoms with van der Waals surface area (Å²) in [5.41, 5.74) is 0.545. The highest BCUT2D eigenvalue weighted by molar-refractivity contribution is 5.89. The fourth-order valence-electron chi connectivity index (χ4n) is 1.16. The van der Waals surface area contributed by atoms with Crippen LogP contribution in [0.3, 0.4) is 0 Å². The Bertz CT molecular complexity index is 224. The van der Waals surface area contributed by atoms with Crippen molar-refractivity contribution in [3.8, 4) is 0 Å². The molecule has 0 spiro atoms. The van der Waals surface area contributed by atoms with Crippen molar-refractivity contribution in [2.45, 2.75) is 26.9 Å². The van der Waals surface area contributed by atoms with Gasteiger partial charge in [0.25, 0.3) is 0 Å². The number of nitrogens with zero attached hydrogens (tertiary/aromatic N) is 1. The van der Waals surface area contributed by atoms with Gasteiger partial charge in [-0.05, 0) is 20.8 Å². The number of carbonyl (C=O) groups is 1. The molecule has 0 saturated carbocycles. The molecule has 0 fully saturated rings. The first-order valence-corrected chi connectivity index (χ1v) is 5.19. The average Bonchev–Trinajstić information content (AvgIpc) is 2.14. The van der Waals surface area contributed by atoms with Crippen LogP contribution in [-0.2, 0) is 14.3 Å². The van der Waals surface area contributed by atoms with Crippen LogP contribution >= 0.6 is 0 Å². The molecule has 0 saturated heterocycles. The molecule has 0 aromatic heterocycles. The van der Waals surface area contributed by atoms with Gasteiger partial charge in [-0.1, -0.05) is 0 Å². The van der Waals surface area contributed by atoms with Crippen LogP contribution in [0.4, 0.5) is 0 Å². The van der Waals surface area contributed by atoms with Gasteiger partial charge in [-0.3, -0.25) is 0 Å². The molecule has 0 aromatic carbocycles. The Hall–Kier alpha value is -1.03. The Labute approximate surface area is 91.8 Å². The van der Waals surface area contributed by atoms with Crippen molar-refractivity contribution in [1.82, 2.24) is 4.90 Å². The maximum atomic E-state index is 11.6. The zero-order valence-electron chi connectivity index (χ0n) is 10.2. The summed E-state index contributed by atoms with van der Waals surface area (Å²) >= 11 is 0. The van der Waals surface area contributed by atoms with Crippen LogP contribution in [0.25, 0.3) is 0 Å². The average molecular weight is 215 g/mol. The minimum Gasteiger partial charge on any atom is -0.463 e. The molecule has 0 amide bonds. The summed E-state index contributed by atoms with van der Waals surface area (Å²) in [6.45, 7) is 6.48. The topological polar surface area (TPSA) is 38.8 Å². The van der Waals surface area contributed by atoms with Gasteiger partial charge in [0.05, 0.1) is 18.3 Å². The van der Waals surface area contributed by atoms with Crippen LogP contribution in [0.2, 0.25) is 0 Å². The van der Waals surface area contributed by atoms with Gasteiger partial charge in [-0.25, -0.2) is 4.79 Å². The van der Waals surface area contributed by atoms with E-state index in [9.17, 15) is 4.79 Å². The smallest absolute Gasteiger partial charge is 0.338 e. The third-order valence-electron chi connectivity index (χ3n) is 1.76. The van der Waals surface area contributed by atoms with Gasteiger partial charge in [-0.2, -0.15) is 0 Å². The van der Waals surface area contributed by atoms with Crippen molar-refractivity contribution < 1.29 is 14.3 Å². The van der Waals surface area contributed by atoms with Gasteiger partial charge in [0.1, 0.15) is 0 Å². The van der Waals surface area contributed by atoms with Crippen molar-refractivity contribution in [3.63, 3.8) is 0 Å². The van der Waals surface area contributed by atoms with Crippen LogP contribution in [0.1, 0.15) is 20.8 Å². The second-order valence-electron chi connectivity index (χ2n) is 3.37. The summed E-state index contributed by atoms with van der Waals surface area (Å²) in [7, 11) is 3.72. The van der Waals surface area contributed by atoms with E-state index in [-0.39, 0.29) is 12.1 Å². The fraction of sp³-hybridized carbons (Fsp3) is 0.727. The van der Waals surface area contributed by atoms with Crippen LogP contribution < -0.4 is 0 Å². The Morgan fingerprint density at radius 1 is 1.33 bits per heavy atom. The van der Waals surface area contributed by atoms with Gasteiger partial charge in [0.2, 0.25) is 0 Å². The number of hydrogen-bond acceptors (Lipinski definition) is 4. The molecule has 0 aliphatic heterocycles. The summed E-state index contributed by atoms with van der Waals surface area (Å²) < 4.78 is 10.3. The maximum absolute atomic E-state index is 11.6. The van der Waals surface area contributed by atoms with Crippen molar-refractivity contribution in [2.24, 2.45) is 0 Å². The minimum absolute atomic E-state index is 0.239. The lowest BCUT2D eigenvalue weighted by Gasteiger charge is -2.17. The van der Waals surface area contributed by atoms with Gasteiger partial charge in [0.15, 0.2) is 0 Å². The van der Waals surface area contributed by atoms with Crippen molar-refractivity contribution in [3.05, 3.63) is 11.8 Å². The minimum atomic E-state index is -0.313. The lowest BCUT2D eigenvalue weighted by atomic mass is 10.2. The van der Waals surface area contributed by atoms with E-state index in [0.717, 1.165) is 0 Å². The van der Waals surface area contributed by atoms with E-state index in [4.69, 9.17) is 9.47 Å². The highest BCUT2D eigenvalue weighted by Gasteiger charge is 2.18. The van der Waals surface area contributed by atoms with Crippen LogP contribution in [0.5, 0.6) is 0 Å². The van der Waals surface area contributed by atoms with E-state index in [1.165, 1.54) is 0 Å². The van der Waals surface area contributed by atoms with Crippen LogP contribution in [-0.4, -0.2) is 44.3 Å². The second kappa shape index (κ2) is 7.29. The second-order valence-corrected chi connectivity index (χ2v) is 3.37. The number of ether oxygens (including phenoxy) is 2. The Balaban J connectivity index is 4.64. The summed E-state index contributed by atoms with van der Waals surface area (Å²) in [6, 6.07) is 0. The lowest BCUT2D eigenvalue weighted by Crippen LogP contribution is -2.23. The number of rotatable bonds is 6. The van der Waals surface area contributed by atoms with Gasteiger partial charge in [0, 0.05) is 26.9 Å². The Morgan fingerprint density at radius 3 is 2.33 bits per heavy atom. The fourth-order valence-corrected chi connectivity index (χ4v) is 1.16. The van der Waals surface area contributed by atoms with E-state index >= 15 is 0 Å². The van der Waals surface area contributed by atoms with Crippen molar-refractivity contribution >= 4 is 5.97 Å².